The van der Waals surface area contributed by atoms with Crippen molar-refractivity contribution in [2.45, 2.75) is 13.0 Å². The number of halogens is 2. The predicted molar refractivity (Wildman–Crippen MR) is 76.4 cm³/mol. The molecule has 0 aliphatic carbocycles. The average molecular weight is 311 g/mol. The summed E-state index contributed by atoms with van der Waals surface area (Å²) in [6.07, 6.45) is 0. The lowest BCUT2D eigenvalue weighted by Gasteiger charge is -2.16. The molecule has 88 valence electrons. The van der Waals surface area contributed by atoms with E-state index in [1.165, 1.54) is 5.56 Å². The van der Waals surface area contributed by atoms with Crippen LogP contribution in [0.15, 0.2) is 46.9 Å². The Balaban J connectivity index is 2.47. The minimum atomic E-state index is -0.210. The molecule has 1 nitrogen and oxygen atoms in total. The molecule has 0 saturated carbocycles. The molecule has 0 aromatic heterocycles. The summed E-state index contributed by atoms with van der Waals surface area (Å²) in [6.45, 7) is 2.05. The molecule has 2 aromatic carbocycles. The highest BCUT2D eigenvalue weighted by Crippen LogP contribution is 2.31. The molecule has 2 aromatic rings. The first-order valence-corrected chi connectivity index (χ1v) is 6.52. The molecule has 0 amide bonds. The highest BCUT2D eigenvalue weighted by molar-refractivity contribution is 9.10. The van der Waals surface area contributed by atoms with Gasteiger partial charge >= 0.3 is 0 Å². The van der Waals surface area contributed by atoms with Crippen molar-refractivity contribution in [3.63, 3.8) is 0 Å². The van der Waals surface area contributed by atoms with Crippen LogP contribution in [0.4, 0.5) is 0 Å². The van der Waals surface area contributed by atoms with Gasteiger partial charge < -0.3 is 5.73 Å². The van der Waals surface area contributed by atoms with E-state index in [4.69, 9.17) is 17.3 Å². The number of nitrogens with two attached hydrogens (primary N) is 1. The Morgan fingerprint density at radius 3 is 2.53 bits per heavy atom. The standard InChI is InChI=1S/C14H13BrClN/c1-9-6-7-12(15)11(8-9)14(17)10-4-2-3-5-13(10)16/h2-8,14H,17H2,1H3. The largest absolute Gasteiger partial charge is 0.320 e. The van der Waals surface area contributed by atoms with Gasteiger partial charge in [-0.3, -0.25) is 0 Å². The second kappa shape index (κ2) is 5.21. The van der Waals surface area contributed by atoms with Gasteiger partial charge in [0.2, 0.25) is 0 Å². The minimum absolute atomic E-state index is 0.210. The number of rotatable bonds is 2. The van der Waals surface area contributed by atoms with E-state index in [2.05, 4.69) is 28.9 Å². The molecule has 3 heteroatoms. The van der Waals surface area contributed by atoms with E-state index in [1.807, 2.05) is 36.4 Å². The van der Waals surface area contributed by atoms with Crippen molar-refractivity contribution in [1.29, 1.82) is 0 Å². The molecule has 0 bridgehead atoms. The van der Waals surface area contributed by atoms with E-state index in [9.17, 15) is 0 Å². The summed E-state index contributed by atoms with van der Waals surface area (Å²) < 4.78 is 1.01. The van der Waals surface area contributed by atoms with Crippen LogP contribution in [0.1, 0.15) is 22.7 Å². The highest BCUT2D eigenvalue weighted by atomic mass is 79.9. The number of aryl methyl sites for hydroxylation is 1. The monoisotopic (exact) mass is 309 g/mol. The number of benzene rings is 2. The van der Waals surface area contributed by atoms with Crippen molar-refractivity contribution in [1.82, 2.24) is 0 Å². The lowest BCUT2D eigenvalue weighted by Crippen LogP contribution is -2.13. The Morgan fingerprint density at radius 1 is 1.12 bits per heavy atom. The fraction of sp³-hybridized carbons (Fsp3) is 0.143. The Bertz CT molecular complexity index is 539. The van der Waals surface area contributed by atoms with Crippen molar-refractivity contribution < 1.29 is 0 Å². The molecular formula is C14H13BrClN. The van der Waals surface area contributed by atoms with Crippen LogP contribution in [0.2, 0.25) is 5.02 Å². The summed E-state index contributed by atoms with van der Waals surface area (Å²) in [5.74, 6) is 0. The van der Waals surface area contributed by atoms with E-state index < -0.39 is 0 Å². The van der Waals surface area contributed by atoms with E-state index in [0.29, 0.717) is 5.02 Å². The first-order chi connectivity index (χ1) is 8.09. The van der Waals surface area contributed by atoms with Crippen molar-refractivity contribution in [3.05, 3.63) is 68.7 Å². The first-order valence-electron chi connectivity index (χ1n) is 5.35. The molecule has 0 aliphatic rings. The van der Waals surface area contributed by atoms with Gasteiger partial charge in [0.1, 0.15) is 0 Å². The van der Waals surface area contributed by atoms with Gasteiger partial charge in [-0.25, -0.2) is 0 Å². The van der Waals surface area contributed by atoms with E-state index >= 15 is 0 Å². The third-order valence-electron chi connectivity index (χ3n) is 2.73. The average Bonchev–Trinajstić information content (AvgIpc) is 2.32. The summed E-state index contributed by atoms with van der Waals surface area (Å²) in [5.41, 5.74) is 9.46. The maximum atomic E-state index is 6.27. The van der Waals surface area contributed by atoms with Gasteiger partial charge in [0.05, 0.1) is 6.04 Å². The summed E-state index contributed by atoms with van der Waals surface area (Å²) >= 11 is 9.70. The Morgan fingerprint density at radius 2 is 1.82 bits per heavy atom. The van der Waals surface area contributed by atoms with Crippen LogP contribution in [0.25, 0.3) is 0 Å². The molecule has 0 fully saturated rings. The third-order valence-corrected chi connectivity index (χ3v) is 3.79. The Labute approximate surface area is 115 Å². The van der Waals surface area contributed by atoms with Gasteiger partial charge in [-0.15, -0.1) is 0 Å². The molecule has 0 radical (unpaired) electrons. The van der Waals surface area contributed by atoms with Crippen LogP contribution < -0.4 is 5.73 Å². The fourth-order valence-corrected chi connectivity index (χ4v) is 2.54. The summed E-state index contributed by atoms with van der Waals surface area (Å²) in [6, 6.07) is 13.6. The van der Waals surface area contributed by atoms with Crippen molar-refractivity contribution in [3.8, 4) is 0 Å². The van der Waals surface area contributed by atoms with Crippen molar-refractivity contribution >= 4 is 27.5 Å². The van der Waals surface area contributed by atoms with Gasteiger partial charge in [-0.05, 0) is 30.2 Å². The molecule has 17 heavy (non-hydrogen) atoms. The van der Waals surface area contributed by atoms with E-state index in [1.54, 1.807) is 0 Å². The van der Waals surface area contributed by atoms with Crippen LogP contribution in [-0.4, -0.2) is 0 Å². The van der Waals surface area contributed by atoms with E-state index in [-0.39, 0.29) is 6.04 Å². The Kier molecular flexibility index (Phi) is 3.87. The molecule has 0 heterocycles. The molecule has 1 atom stereocenters. The summed E-state index contributed by atoms with van der Waals surface area (Å²) in [5, 5.41) is 0.702. The van der Waals surface area contributed by atoms with Crippen molar-refractivity contribution in [2.75, 3.05) is 0 Å². The van der Waals surface area contributed by atoms with Gasteiger partial charge in [0, 0.05) is 9.50 Å². The molecule has 2 rings (SSSR count). The molecule has 1 unspecified atom stereocenters. The first kappa shape index (κ1) is 12.6. The van der Waals surface area contributed by atoms with Crippen LogP contribution in [-0.2, 0) is 0 Å². The second-order valence-corrected chi connectivity index (χ2v) is 5.29. The lowest BCUT2D eigenvalue weighted by atomic mass is 9.98. The summed E-state index contributed by atoms with van der Waals surface area (Å²) in [4.78, 5) is 0. The summed E-state index contributed by atoms with van der Waals surface area (Å²) in [7, 11) is 0. The minimum Gasteiger partial charge on any atom is -0.320 e. The zero-order valence-electron chi connectivity index (χ0n) is 9.45. The molecule has 0 saturated heterocycles. The zero-order chi connectivity index (χ0) is 12.4. The topological polar surface area (TPSA) is 26.0 Å². The molecule has 0 spiro atoms. The predicted octanol–water partition coefficient (Wildman–Crippen LogP) is 4.46. The maximum Gasteiger partial charge on any atom is 0.0577 e. The van der Waals surface area contributed by atoms with Gasteiger partial charge in [0.15, 0.2) is 0 Å². The number of hydrogen-bond acceptors (Lipinski definition) is 1. The molecular weight excluding hydrogens is 298 g/mol. The normalized spacial score (nSPS) is 12.5. The van der Waals surface area contributed by atoms with Gasteiger partial charge in [-0.2, -0.15) is 0 Å². The number of hydrogen-bond donors (Lipinski definition) is 1. The smallest absolute Gasteiger partial charge is 0.0577 e. The third kappa shape index (κ3) is 2.71. The van der Waals surface area contributed by atoms with Crippen LogP contribution in [0, 0.1) is 6.92 Å². The SMILES string of the molecule is Cc1ccc(Br)c(C(N)c2ccccc2Cl)c1. The van der Waals surface area contributed by atoms with Crippen LogP contribution in [0.3, 0.4) is 0 Å². The van der Waals surface area contributed by atoms with Crippen molar-refractivity contribution in [2.24, 2.45) is 5.73 Å². The molecule has 0 aliphatic heterocycles. The molecule has 2 N–H and O–H groups in total. The highest BCUT2D eigenvalue weighted by Gasteiger charge is 2.14. The van der Waals surface area contributed by atoms with E-state index in [0.717, 1.165) is 15.6 Å². The fourth-order valence-electron chi connectivity index (χ4n) is 1.80. The van der Waals surface area contributed by atoms with Crippen LogP contribution in [0.5, 0.6) is 0 Å². The lowest BCUT2D eigenvalue weighted by molar-refractivity contribution is 0.864. The van der Waals surface area contributed by atoms with Gasteiger partial charge in [0.25, 0.3) is 0 Å². The maximum absolute atomic E-state index is 6.27. The quantitative estimate of drug-likeness (QED) is 0.871. The zero-order valence-corrected chi connectivity index (χ0v) is 11.8. The van der Waals surface area contributed by atoms with Crippen LogP contribution >= 0.6 is 27.5 Å². The van der Waals surface area contributed by atoms with Gasteiger partial charge in [-0.1, -0.05) is 63.4 Å². The second-order valence-electron chi connectivity index (χ2n) is 4.02. The Hall–Kier alpha value is -0.830.